The van der Waals surface area contributed by atoms with E-state index in [0.29, 0.717) is 0 Å². The maximum absolute atomic E-state index is 2.79. The number of nitrogens with zero attached hydrogens (tertiary/aromatic N) is 3. The van der Waals surface area contributed by atoms with E-state index >= 15 is 0 Å². The highest BCUT2D eigenvalue weighted by atomic mass is 28.3. The number of hydrogen-bond acceptors (Lipinski definition) is 0. The molecule has 0 fully saturated rings. The molecule has 14 aromatic rings. The maximum Gasteiger partial charge on any atom is 0.179 e. The van der Waals surface area contributed by atoms with Crippen LogP contribution >= 0.6 is 0 Å². The van der Waals surface area contributed by atoms with Gasteiger partial charge in [-0.3, -0.25) is 0 Å². The molecule has 3 nitrogen and oxygen atoms in total. The molecular formula is C66H45N3Si. The van der Waals surface area contributed by atoms with Crippen LogP contribution in [0, 0.1) is 0 Å². The van der Waals surface area contributed by atoms with Crippen molar-refractivity contribution >= 4 is 94.2 Å². The smallest absolute Gasteiger partial charge is 0.179 e. The summed E-state index contributed by atoms with van der Waals surface area (Å²) < 4.78 is 7.39. The van der Waals surface area contributed by atoms with E-state index in [9.17, 15) is 0 Å². The van der Waals surface area contributed by atoms with Crippen LogP contribution in [0.3, 0.4) is 0 Å². The summed E-state index contributed by atoms with van der Waals surface area (Å²) in [6, 6.07) is 101. The Labute approximate surface area is 407 Å². The summed E-state index contributed by atoms with van der Waals surface area (Å²) in [5.74, 6) is 0. The summed E-state index contributed by atoms with van der Waals surface area (Å²) in [7, 11) is -2.79. The first-order valence-electron chi connectivity index (χ1n) is 24.2. The lowest BCUT2D eigenvalue weighted by atomic mass is 10.0. The third-order valence-electron chi connectivity index (χ3n) is 14.8. The van der Waals surface area contributed by atoms with E-state index in [1.54, 1.807) is 0 Å². The third-order valence-corrected chi connectivity index (χ3v) is 19.6. The Balaban J connectivity index is 0.966. The molecule has 4 heteroatoms. The number of fused-ring (bicyclic) bond motifs is 9. The zero-order valence-corrected chi connectivity index (χ0v) is 39.3. The van der Waals surface area contributed by atoms with E-state index < -0.39 is 8.07 Å². The molecule has 0 bridgehead atoms. The molecule has 0 unspecified atom stereocenters. The maximum atomic E-state index is 2.50. The first kappa shape index (κ1) is 40.1. The second-order valence-corrected chi connectivity index (χ2v) is 22.2. The van der Waals surface area contributed by atoms with E-state index in [1.165, 1.54) is 103 Å². The van der Waals surface area contributed by atoms with Gasteiger partial charge in [-0.1, -0.05) is 206 Å². The Hall–Kier alpha value is -8.96. The molecule has 11 aromatic carbocycles. The first-order valence-corrected chi connectivity index (χ1v) is 26.2. The molecule has 0 amide bonds. The largest absolute Gasteiger partial charge is 0.309 e. The number of rotatable bonds is 8. The van der Waals surface area contributed by atoms with Gasteiger partial charge in [-0.05, 0) is 93.0 Å². The SMILES string of the molecule is c1ccc([Si](c2ccccc2)(c2ccccc2)c2cccc(-n3c4ccccc4c4ccc(-n5c6ccccc6c6cc(-c7ccccc7-n7c8ccccc8c8ccccc87)ccc65)cc43)c2)cc1. The van der Waals surface area contributed by atoms with Crippen molar-refractivity contribution in [2.45, 2.75) is 0 Å². The molecule has 0 atom stereocenters. The average Bonchev–Trinajstić information content (AvgIpc) is 4.07. The number of aromatic nitrogens is 3. The monoisotopic (exact) mass is 907 g/mol. The lowest BCUT2D eigenvalue weighted by molar-refractivity contribution is 1.16. The van der Waals surface area contributed by atoms with Crippen LogP contribution in [-0.4, -0.2) is 21.8 Å². The van der Waals surface area contributed by atoms with Gasteiger partial charge < -0.3 is 13.7 Å². The highest BCUT2D eigenvalue weighted by Gasteiger charge is 2.41. The molecule has 0 saturated heterocycles. The minimum atomic E-state index is -2.79. The molecule has 3 aromatic heterocycles. The van der Waals surface area contributed by atoms with Crippen molar-refractivity contribution in [1.29, 1.82) is 0 Å². The van der Waals surface area contributed by atoms with Gasteiger partial charge in [0, 0.05) is 49.3 Å². The van der Waals surface area contributed by atoms with Gasteiger partial charge in [-0.15, -0.1) is 0 Å². The van der Waals surface area contributed by atoms with Crippen molar-refractivity contribution < 1.29 is 0 Å². The van der Waals surface area contributed by atoms with Crippen molar-refractivity contribution in [1.82, 2.24) is 13.7 Å². The molecule has 0 saturated carbocycles. The van der Waals surface area contributed by atoms with Crippen LogP contribution in [0.25, 0.3) is 93.6 Å². The predicted octanol–water partition coefficient (Wildman–Crippen LogP) is 14.0. The lowest BCUT2D eigenvalue weighted by Crippen LogP contribution is -2.74. The van der Waals surface area contributed by atoms with E-state index in [0.717, 1.165) is 11.4 Å². The fraction of sp³-hybridized carbons (Fsp3) is 0. The molecule has 328 valence electrons. The quantitative estimate of drug-likeness (QED) is 0.107. The van der Waals surface area contributed by atoms with Crippen molar-refractivity contribution in [3.8, 4) is 28.2 Å². The highest BCUT2D eigenvalue weighted by Crippen LogP contribution is 2.41. The minimum Gasteiger partial charge on any atom is -0.309 e. The number of benzene rings is 11. The molecule has 0 spiro atoms. The van der Waals surface area contributed by atoms with Gasteiger partial charge in [0.2, 0.25) is 0 Å². The van der Waals surface area contributed by atoms with E-state index in [4.69, 9.17) is 0 Å². The van der Waals surface area contributed by atoms with Crippen molar-refractivity contribution in [2.75, 3.05) is 0 Å². The Morgan fingerprint density at radius 2 is 0.643 bits per heavy atom. The van der Waals surface area contributed by atoms with Crippen LogP contribution in [0.15, 0.2) is 273 Å². The molecule has 0 radical (unpaired) electrons. The highest BCUT2D eigenvalue weighted by molar-refractivity contribution is 7.19. The summed E-state index contributed by atoms with van der Waals surface area (Å²) in [6.45, 7) is 0. The standard InChI is InChI=1S/C66H45N3Si/c1-4-22-49(23-5-1)70(50-24-6-2-7-25-50,51-26-8-3-9-27-51)52-28-20-21-47(44-52)68-61-35-16-11-32-56(61)58-41-40-48(45-66(58)68)67-62-36-17-14-33-57(62)59-43-46(39-42-65(59)67)53-29-10-15-34-60(53)69-63-37-18-12-30-54(63)55-31-13-19-38-64(55)69/h1-45H. The molecule has 0 N–H and O–H groups in total. The van der Waals surface area contributed by atoms with Crippen LogP contribution < -0.4 is 20.7 Å². The number of para-hydroxylation sites is 5. The Morgan fingerprint density at radius 3 is 1.21 bits per heavy atom. The molecule has 3 heterocycles. The zero-order valence-electron chi connectivity index (χ0n) is 38.3. The molecule has 14 rings (SSSR count). The van der Waals surface area contributed by atoms with Gasteiger partial charge >= 0.3 is 0 Å². The van der Waals surface area contributed by atoms with E-state index in [2.05, 4.69) is 287 Å². The Bertz CT molecular complexity index is 4150. The minimum absolute atomic E-state index is 1.12. The lowest BCUT2D eigenvalue weighted by Gasteiger charge is -2.34. The fourth-order valence-electron chi connectivity index (χ4n) is 11.8. The first-order chi connectivity index (χ1) is 34.8. The molecule has 0 aliphatic carbocycles. The predicted molar refractivity (Wildman–Crippen MR) is 299 cm³/mol. The second-order valence-electron chi connectivity index (χ2n) is 18.4. The van der Waals surface area contributed by atoms with Crippen LogP contribution in [-0.2, 0) is 0 Å². The summed E-state index contributed by atoms with van der Waals surface area (Å²) in [5.41, 5.74) is 12.9. The van der Waals surface area contributed by atoms with Crippen molar-refractivity contribution in [3.05, 3.63) is 273 Å². The summed E-state index contributed by atoms with van der Waals surface area (Å²) >= 11 is 0. The summed E-state index contributed by atoms with van der Waals surface area (Å²) in [6.07, 6.45) is 0. The van der Waals surface area contributed by atoms with Crippen LogP contribution in [0.1, 0.15) is 0 Å². The van der Waals surface area contributed by atoms with Crippen LogP contribution in [0.2, 0.25) is 0 Å². The summed E-state index contributed by atoms with van der Waals surface area (Å²) in [5, 5.41) is 12.9. The van der Waals surface area contributed by atoms with Crippen molar-refractivity contribution in [2.24, 2.45) is 0 Å². The van der Waals surface area contributed by atoms with Crippen molar-refractivity contribution in [3.63, 3.8) is 0 Å². The molecule has 0 aliphatic rings. The topological polar surface area (TPSA) is 14.8 Å². The fourth-order valence-corrected chi connectivity index (χ4v) is 16.6. The van der Waals surface area contributed by atoms with E-state index in [-0.39, 0.29) is 0 Å². The third kappa shape index (κ3) is 6.00. The van der Waals surface area contributed by atoms with E-state index in [1.807, 2.05) is 0 Å². The van der Waals surface area contributed by atoms with Crippen LogP contribution in [0.5, 0.6) is 0 Å². The normalized spacial score (nSPS) is 12.0. The average molecular weight is 908 g/mol. The van der Waals surface area contributed by atoms with Gasteiger partial charge in [-0.25, -0.2) is 0 Å². The molecular weight excluding hydrogens is 863 g/mol. The van der Waals surface area contributed by atoms with Gasteiger partial charge in [0.05, 0.1) is 38.8 Å². The zero-order chi connectivity index (χ0) is 46.2. The summed E-state index contributed by atoms with van der Waals surface area (Å²) in [4.78, 5) is 0. The van der Waals surface area contributed by atoms with Gasteiger partial charge in [0.1, 0.15) is 0 Å². The Kier molecular flexibility index (Phi) is 9.23. The van der Waals surface area contributed by atoms with Crippen LogP contribution in [0.4, 0.5) is 0 Å². The Morgan fingerprint density at radius 1 is 0.229 bits per heavy atom. The van der Waals surface area contributed by atoms with Gasteiger partial charge in [0.15, 0.2) is 8.07 Å². The van der Waals surface area contributed by atoms with Gasteiger partial charge in [0.25, 0.3) is 0 Å². The van der Waals surface area contributed by atoms with Gasteiger partial charge in [-0.2, -0.15) is 0 Å². The molecule has 70 heavy (non-hydrogen) atoms. The second kappa shape index (κ2) is 16.1. The molecule has 0 aliphatic heterocycles. The number of hydrogen-bond donors (Lipinski definition) is 0.